The van der Waals surface area contributed by atoms with Gasteiger partial charge in [-0.25, -0.2) is 19.9 Å². The van der Waals surface area contributed by atoms with Gasteiger partial charge in [-0.1, -0.05) is 6.92 Å². The molecule has 2 fully saturated rings. The predicted molar refractivity (Wildman–Crippen MR) is 108 cm³/mol. The molecule has 0 radical (unpaired) electrons. The van der Waals surface area contributed by atoms with Gasteiger partial charge in [-0.05, 0) is 19.3 Å². The summed E-state index contributed by atoms with van der Waals surface area (Å²) >= 11 is 0. The summed E-state index contributed by atoms with van der Waals surface area (Å²) in [7, 11) is 0. The highest BCUT2D eigenvalue weighted by Crippen LogP contribution is 2.16. The van der Waals surface area contributed by atoms with E-state index in [0.717, 1.165) is 82.2 Å². The average Bonchev–Trinajstić information content (AvgIpc) is 3.28. The van der Waals surface area contributed by atoms with E-state index in [0.29, 0.717) is 12.1 Å². The van der Waals surface area contributed by atoms with E-state index in [9.17, 15) is 0 Å². The fraction of sp³-hybridized carbons (Fsp3) is 0.600. The fourth-order valence-corrected chi connectivity index (χ4v) is 3.68. The van der Waals surface area contributed by atoms with E-state index in [-0.39, 0.29) is 0 Å². The number of nitrogens with one attached hydrogen (secondary N) is 1. The van der Waals surface area contributed by atoms with Gasteiger partial charge in [0.2, 0.25) is 5.95 Å². The second kappa shape index (κ2) is 9.25. The number of hydrogen-bond donors (Lipinski definition) is 1. The van der Waals surface area contributed by atoms with Gasteiger partial charge in [-0.3, -0.25) is 4.90 Å². The van der Waals surface area contributed by atoms with Gasteiger partial charge in [0.05, 0.1) is 6.10 Å². The number of piperazine rings is 1. The standard InChI is InChI=1S/C20H29N7O/c1-2-17-10-19(25-15-24-17)27-7-5-26(6-8-27)14-16-11-21-20(22-12-16)23-13-18-4-3-9-28-18/h10-12,15,18H,2-9,13-14H2,1H3,(H,21,22,23)/t18-/m0/s1. The van der Waals surface area contributed by atoms with Crippen LogP contribution in [0, 0.1) is 0 Å². The van der Waals surface area contributed by atoms with Crippen LogP contribution in [0.15, 0.2) is 24.8 Å². The first-order valence-corrected chi connectivity index (χ1v) is 10.2. The molecule has 0 aromatic carbocycles. The first kappa shape index (κ1) is 19.0. The van der Waals surface area contributed by atoms with E-state index in [1.165, 1.54) is 0 Å². The van der Waals surface area contributed by atoms with Crippen LogP contribution in [0.2, 0.25) is 0 Å². The van der Waals surface area contributed by atoms with Crippen LogP contribution in [-0.4, -0.2) is 70.3 Å². The van der Waals surface area contributed by atoms with Crippen molar-refractivity contribution in [3.05, 3.63) is 36.0 Å². The van der Waals surface area contributed by atoms with Crippen molar-refractivity contribution >= 4 is 11.8 Å². The van der Waals surface area contributed by atoms with Gasteiger partial charge in [-0.2, -0.15) is 0 Å². The molecule has 2 saturated heterocycles. The maximum Gasteiger partial charge on any atom is 0.222 e. The normalized spacial score (nSPS) is 20.5. The van der Waals surface area contributed by atoms with Gasteiger partial charge >= 0.3 is 0 Å². The van der Waals surface area contributed by atoms with Crippen molar-refractivity contribution < 1.29 is 4.74 Å². The SMILES string of the molecule is CCc1cc(N2CCN(Cc3cnc(NC[C@@H]4CCCO4)nc3)CC2)ncn1. The molecule has 0 amide bonds. The summed E-state index contributed by atoms with van der Waals surface area (Å²) in [6.07, 6.45) is 9.02. The van der Waals surface area contributed by atoms with Gasteiger partial charge in [0.1, 0.15) is 12.1 Å². The molecule has 0 spiro atoms. The third-order valence-electron chi connectivity index (χ3n) is 5.39. The van der Waals surface area contributed by atoms with Gasteiger partial charge in [0.15, 0.2) is 0 Å². The molecule has 4 rings (SSSR count). The molecule has 2 aromatic heterocycles. The Morgan fingerprint density at radius 2 is 1.93 bits per heavy atom. The number of aryl methyl sites for hydroxylation is 1. The van der Waals surface area contributed by atoms with Gasteiger partial charge < -0.3 is 15.0 Å². The fourth-order valence-electron chi connectivity index (χ4n) is 3.68. The Balaban J connectivity index is 1.24. The van der Waals surface area contributed by atoms with Crippen LogP contribution in [0.3, 0.4) is 0 Å². The maximum absolute atomic E-state index is 5.62. The molecule has 8 heteroatoms. The molecular weight excluding hydrogens is 354 g/mol. The Morgan fingerprint density at radius 1 is 1.11 bits per heavy atom. The number of nitrogens with zero attached hydrogens (tertiary/aromatic N) is 6. The Kier molecular flexibility index (Phi) is 6.28. The molecule has 0 saturated carbocycles. The summed E-state index contributed by atoms with van der Waals surface area (Å²) < 4.78 is 5.62. The quantitative estimate of drug-likeness (QED) is 0.775. The van der Waals surface area contributed by atoms with Crippen molar-refractivity contribution in [2.45, 2.75) is 38.8 Å². The average molecular weight is 384 g/mol. The summed E-state index contributed by atoms with van der Waals surface area (Å²) in [6, 6.07) is 2.10. The number of aromatic nitrogens is 4. The number of rotatable bonds is 7. The van der Waals surface area contributed by atoms with E-state index in [1.807, 2.05) is 12.4 Å². The minimum Gasteiger partial charge on any atom is -0.376 e. The van der Waals surface area contributed by atoms with Crippen LogP contribution < -0.4 is 10.2 Å². The van der Waals surface area contributed by atoms with Crippen molar-refractivity contribution in [2.24, 2.45) is 0 Å². The van der Waals surface area contributed by atoms with E-state index < -0.39 is 0 Å². The molecule has 2 aliphatic heterocycles. The topological polar surface area (TPSA) is 79.3 Å². The number of ether oxygens (including phenoxy) is 1. The first-order chi connectivity index (χ1) is 13.8. The summed E-state index contributed by atoms with van der Waals surface area (Å²) in [5.74, 6) is 1.72. The van der Waals surface area contributed by atoms with Crippen molar-refractivity contribution in [2.75, 3.05) is 49.5 Å². The largest absolute Gasteiger partial charge is 0.376 e. The lowest BCUT2D eigenvalue weighted by molar-refractivity contribution is 0.120. The van der Waals surface area contributed by atoms with Crippen LogP contribution in [0.5, 0.6) is 0 Å². The molecule has 0 bridgehead atoms. The second-order valence-corrected chi connectivity index (χ2v) is 7.42. The summed E-state index contributed by atoms with van der Waals surface area (Å²) in [4.78, 5) is 22.4. The van der Waals surface area contributed by atoms with Crippen molar-refractivity contribution in [1.29, 1.82) is 0 Å². The number of hydrogen-bond acceptors (Lipinski definition) is 8. The van der Waals surface area contributed by atoms with E-state index >= 15 is 0 Å². The highest BCUT2D eigenvalue weighted by molar-refractivity contribution is 5.39. The van der Waals surface area contributed by atoms with Crippen LogP contribution in [0.4, 0.5) is 11.8 Å². The highest BCUT2D eigenvalue weighted by Gasteiger charge is 2.19. The van der Waals surface area contributed by atoms with Crippen molar-refractivity contribution in [3.63, 3.8) is 0 Å². The zero-order valence-corrected chi connectivity index (χ0v) is 16.5. The van der Waals surface area contributed by atoms with Gasteiger partial charge in [0.25, 0.3) is 0 Å². The van der Waals surface area contributed by atoms with Crippen LogP contribution in [0.25, 0.3) is 0 Å². The minimum absolute atomic E-state index is 0.294. The predicted octanol–water partition coefficient (Wildman–Crippen LogP) is 1.74. The molecular formula is C20H29N7O. The van der Waals surface area contributed by atoms with Crippen LogP contribution in [-0.2, 0) is 17.7 Å². The summed E-state index contributed by atoms with van der Waals surface area (Å²) in [5, 5.41) is 3.27. The van der Waals surface area contributed by atoms with Gasteiger partial charge in [0, 0.05) is 75.6 Å². The molecule has 2 aromatic rings. The molecule has 28 heavy (non-hydrogen) atoms. The zero-order valence-electron chi connectivity index (χ0n) is 16.5. The van der Waals surface area contributed by atoms with E-state index in [1.54, 1.807) is 6.33 Å². The molecule has 8 nitrogen and oxygen atoms in total. The Morgan fingerprint density at radius 3 is 2.64 bits per heavy atom. The second-order valence-electron chi connectivity index (χ2n) is 7.42. The maximum atomic E-state index is 5.62. The molecule has 4 heterocycles. The van der Waals surface area contributed by atoms with Crippen LogP contribution in [0.1, 0.15) is 31.0 Å². The lowest BCUT2D eigenvalue weighted by atomic mass is 10.2. The smallest absolute Gasteiger partial charge is 0.222 e. The van der Waals surface area contributed by atoms with E-state index in [2.05, 4.69) is 48.0 Å². The third-order valence-corrected chi connectivity index (χ3v) is 5.39. The Hall–Kier alpha value is -2.32. The number of anilines is 2. The summed E-state index contributed by atoms with van der Waals surface area (Å²) in [6.45, 7) is 8.61. The van der Waals surface area contributed by atoms with E-state index in [4.69, 9.17) is 4.74 Å². The molecule has 2 aliphatic rings. The van der Waals surface area contributed by atoms with Crippen molar-refractivity contribution in [1.82, 2.24) is 24.8 Å². The monoisotopic (exact) mass is 383 g/mol. The zero-order chi connectivity index (χ0) is 19.2. The third kappa shape index (κ3) is 4.94. The molecule has 1 atom stereocenters. The minimum atomic E-state index is 0.294. The molecule has 1 N–H and O–H groups in total. The Labute approximate surface area is 166 Å². The lowest BCUT2D eigenvalue weighted by Gasteiger charge is -2.35. The van der Waals surface area contributed by atoms with Gasteiger partial charge in [-0.15, -0.1) is 0 Å². The molecule has 0 unspecified atom stereocenters. The summed E-state index contributed by atoms with van der Waals surface area (Å²) in [5.41, 5.74) is 2.24. The lowest BCUT2D eigenvalue weighted by Crippen LogP contribution is -2.46. The first-order valence-electron chi connectivity index (χ1n) is 10.2. The van der Waals surface area contributed by atoms with Crippen molar-refractivity contribution in [3.8, 4) is 0 Å². The highest BCUT2D eigenvalue weighted by atomic mass is 16.5. The van der Waals surface area contributed by atoms with Crippen LogP contribution >= 0.6 is 0 Å². The molecule has 150 valence electrons. The Bertz CT molecular complexity index is 740. The molecule has 0 aliphatic carbocycles.